The monoisotopic (exact) mass is 351 g/mol. The van der Waals surface area contributed by atoms with Crippen LogP contribution in [0.25, 0.3) is 0 Å². The van der Waals surface area contributed by atoms with Gasteiger partial charge in [0.25, 0.3) is 5.91 Å². The van der Waals surface area contributed by atoms with E-state index in [-0.39, 0.29) is 18.6 Å². The molecule has 0 fully saturated rings. The number of hydrogen-bond acceptors (Lipinski definition) is 2. The van der Waals surface area contributed by atoms with E-state index in [1.54, 1.807) is 18.2 Å². The van der Waals surface area contributed by atoms with E-state index in [1.165, 1.54) is 5.56 Å². The van der Waals surface area contributed by atoms with Gasteiger partial charge >= 0.3 is 0 Å². The van der Waals surface area contributed by atoms with Crippen molar-refractivity contribution >= 4 is 29.1 Å². The molecule has 2 aromatic carbocycles. The highest BCUT2D eigenvalue weighted by Crippen LogP contribution is 2.27. The molecule has 0 aliphatic rings. The Balaban J connectivity index is 1.93. The van der Waals surface area contributed by atoms with Crippen LogP contribution in [0.1, 0.15) is 29.7 Å². The Labute approximate surface area is 146 Å². The summed E-state index contributed by atoms with van der Waals surface area (Å²) in [4.78, 5) is 12.1. The lowest BCUT2D eigenvalue weighted by Crippen LogP contribution is -2.31. The summed E-state index contributed by atoms with van der Waals surface area (Å²) in [7, 11) is 0. The van der Waals surface area contributed by atoms with Crippen molar-refractivity contribution in [3.63, 3.8) is 0 Å². The summed E-state index contributed by atoms with van der Waals surface area (Å²) in [6.07, 6.45) is 0. The Hall–Kier alpha value is -1.71. The lowest BCUT2D eigenvalue weighted by molar-refractivity contribution is -0.123. The van der Waals surface area contributed by atoms with Crippen molar-refractivity contribution in [2.24, 2.45) is 0 Å². The zero-order valence-corrected chi connectivity index (χ0v) is 14.8. The van der Waals surface area contributed by atoms with Crippen LogP contribution < -0.4 is 10.1 Å². The highest BCUT2D eigenvalue weighted by Gasteiger charge is 2.13. The fraction of sp³-hybridized carbons (Fsp3) is 0.278. The van der Waals surface area contributed by atoms with Crippen LogP contribution in [0.4, 0.5) is 0 Å². The van der Waals surface area contributed by atoms with Gasteiger partial charge < -0.3 is 10.1 Å². The van der Waals surface area contributed by atoms with E-state index < -0.39 is 0 Å². The van der Waals surface area contributed by atoms with Gasteiger partial charge in [-0.1, -0.05) is 47.0 Å². The molecule has 3 nitrogen and oxygen atoms in total. The van der Waals surface area contributed by atoms with E-state index in [2.05, 4.69) is 11.4 Å². The molecule has 1 atom stereocenters. The maximum absolute atomic E-state index is 12.1. The molecule has 5 heteroatoms. The summed E-state index contributed by atoms with van der Waals surface area (Å²) in [5, 5.41) is 3.83. The second-order valence-corrected chi connectivity index (χ2v) is 6.36. The molecule has 0 saturated carbocycles. The number of carbonyl (C=O) groups excluding carboxylic acids is 1. The average Bonchev–Trinajstić information content (AvgIpc) is 2.46. The summed E-state index contributed by atoms with van der Waals surface area (Å²) in [6, 6.07) is 11.0. The molecule has 2 aromatic rings. The Morgan fingerprint density at radius 2 is 1.91 bits per heavy atom. The first-order valence-electron chi connectivity index (χ1n) is 7.31. The number of aryl methyl sites for hydroxylation is 2. The summed E-state index contributed by atoms with van der Waals surface area (Å²) in [6.45, 7) is 5.93. The van der Waals surface area contributed by atoms with Gasteiger partial charge in [0.2, 0.25) is 0 Å². The second kappa shape index (κ2) is 7.71. The highest BCUT2D eigenvalue weighted by atomic mass is 35.5. The molecule has 0 aliphatic heterocycles. The minimum atomic E-state index is -0.205. The molecule has 0 spiro atoms. The largest absolute Gasteiger partial charge is 0.482 e. The Morgan fingerprint density at radius 1 is 1.17 bits per heavy atom. The first kappa shape index (κ1) is 17.6. The lowest BCUT2D eigenvalue weighted by Gasteiger charge is -2.17. The van der Waals surface area contributed by atoms with Crippen LogP contribution in [0.5, 0.6) is 5.75 Å². The Kier molecular flexibility index (Phi) is 5.91. The lowest BCUT2D eigenvalue weighted by atomic mass is 10.0. The SMILES string of the molecule is Cc1ccc(C(C)NC(=O)COc2ccc(Cl)cc2Cl)c(C)c1. The molecule has 1 N–H and O–H groups in total. The van der Waals surface area contributed by atoms with Gasteiger partial charge in [-0.05, 0) is 50.1 Å². The van der Waals surface area contributed by atoms with E-state index in [9.17, 15) is 4.79 Å². The first-order chi connectivity index (χ1) is 10.9. The number of nitrogens with one attached hydrogen (secondary N) is 1. The van der Waals surface area contributed by atoms with Crippen LogP contribution in [0.3, 0.4) is 0 Å². The molecule has 0 saturated heterocycles. The van der Waals surface area contributed by atoms with E-state index in [0.717, 1.165) is 11.1 Å². The second-order valence-electron chi connectivity index (χ2n) is 5.51. The number of amides is 1. The smallest absolute Gasteiger partial charge is 0.258 e. The predicted octanol–water partition coefficient (Wildman–Crippen LogP) is 4.87. The third kappa shape index (κ3) is 4.88. The topological polar surface area (TPSA) is 38.3 Å². The normalized spacial score (nSPS) is 11.9. The minimum Gasteiger partial charge on any atom is -0.482 e. The van der Waals surface area contributed by atoms with Crippen molar-refractivity contribution < 1.29 is 9.53 Å². The highest BCUT2D eigenvalue weighted by molar-refractivity contribution is 6.35. The maximum Gasteiger partial charge on any atom is 0.258 e. The molecule has 0 aromatic heterocycles. The van der Waals surface area contributed by atoms with Gasteiger partial charge in [0.05, 0.1) is 11.1 Å². The Bertz CT molecular complexity index is 716. The van der Waals surface area contributed by atoms with Crippen LogP contribution in [-0.4, -0.2) is 12.5 Å². The van der Waals surface area contributed by atoms with E-state index in [0.29, 0.717) is 15.8 Å². The van der Waals surface area contributed by atoms with Crippen molar-refractivity contribution in [2.75, 3.05) is 6.61 Å². The molecule has 0 heterocycles. The molecule has 1 unspecified atom stereocenters. The van der Waals surface area contributed by atoms with Gasteiger partial charge in [-0.15, -0.1) is 0 Å². The zero-order valence-electron chi connectivity index (χ0n) is 13.3. The van der Waals surface area contributed by atoms with Gasteiger partial charge in [-0.25, -0.2) is 0 Å². The number of ether oxygens (including phenoxy) is 1. The first-order valence-corrected chi connectivity index (χ1v) is 8.07. The molecular formula is C18H19Cl2NO2. The summed E-state index contributed by atoms with van der Waals surface area (Å²) < 4.78 is 5.44. The minimum absolute atomic E-state index is 0.0904. The van der Waals surface area contributed by atoms with Crippen LogP contribution in [0.15, 0.2) is 36.4 Å². The number of hydrogen-bond donors (Lipinski definition) is 1. The molecule has 0 radical (unpaired) electrons. The molecule has 0 bridgehead atoms. The summed E-state index contributed by atoms with van der Waals surface area (Å²) in [5.74, 6) is 0.230. The number of rotatable bonds is 5. The van der Waals surface area contributed by atoms with Crippen LogP contribution >= 0.6 is 23.2 Å². The van der Waals surface area contributed by atoms with Crippen LogP contribution in [-0.2, 0) is 4.79 Å². The Morgan fingerprint density at radius 3 is 2.57 bits per heavy atom. The molecule has 23 heavy (non-hydrogen) atoms. The number of benzene rings is 2. The maximum atomic E-state index is 12.1. The quantitative estimate of drug-likeness (QED) is 0.834. The van der Waals surface area contributed by atoms with E-state index in [1.807, 2.05) is 32.9 Å². The van der Waals surface area contributed by atoms with Crippen molar-refractivity contribution in [1.82, 2.24) is 5.32 Å². The predicted molar refractivity (Wildman–Crippen MR) is 94.4 cm³/mol. The molecule has 1 amide bonds. The van der Waals surface area contributed by atoms with Gasteiger partial charge in [0, 0.05) is 5.02 Å². The molecular weight excluding hydrogens is 333 g/mol. The average molecular weight is 352 g/mol. The van der Waals surface area contributed by atoms with E-state index >= 15 is 0 Å². The van der Waals surface area contributed by atoms with Gasteiger partial charge in [0.15, 0.2) is 6.61 Å². The summed E-state index contributed by atoms with van der Waals surface area (Å²) in [5.41, 5.74) is 3.44. The van der Waals surface area contributed by atoms with Crippen molar-refractivity contribution in [1.29, 1.82) is 0 Å². The number of carbonyl (C=O) groups is 1. The number of halogens is 2. The molecule has 2 rings (SSSR count). The van der Waals surface area contributed by atoms with Crippen LogP contribution in [0.2, 0.25) is 10.0 Å². The van der Waals surface area contributed by atoms with Gasteiger partial charge in [-0.3, -0.25) is 4.79 Å². The fourth-order valence-corrected chi connectivity index (χ4v) is 2.87. The third-order valence-electron chi connectivity index (χ3n) is 3.52. The van der Waals surface area contributed by atoms with E-state index in [4.69, 9.17) is 27.9 Å². The van der Waals surface area contributed by atoms with Gasteiger partial charge in [0.1, 0.15) is 5.75 Å². The van der Waals surface area contributed by atoms with Gasteiger partial charge in [-0.2, -0.15) is 0 Å². The molecule has 122 valence electrons. The fourth-order valence-electron chi connectivity index (χ4n) is 2.41. The van der Waals surface area contributed by atoms with Crippen molar-refractivity contribution in [3.05, 3.63) is 63.1 Å². The standard InChI is InChI=1S/C18H19Cl2NO2/c1-11-4-6-15(12(2)8-11)13(3)21-18(22)10-23-17-7-5-14(19)9-16(17)20/h4-9,13H,10H2,1-3H3,(H,21,22). The molecule has 0 aliphatic carbocycles. The van der Waals surface area contributed by atoms with Crippen LogP contribution in [0, 0.1) is 13.8 Å². The van der Waals surface area contributed by atoms with Crippen molar-refractivity contribution in [3.8, 4) is 5.75 Å². The summed E-state index contributed by atoms with van der Waals surface area (Å²) >= 11 is 11.8. The van der Waals surface area contributed by atoms with Crippen molar-refractivity contribution in [2.45, 2.75) is 26.8 Å². The third-order valence-corrected chi connectivity index (χ3v) is 4.05. The zero-order chi connectivity index (χ0) is 17.0.